The maximum atomic E-state index is 5.47. The quantitative estimate of drug-likeness (QED) is 0.874. The number of fused-ring (bicyclic) bond motifs is 1. The summed E-state index contributed by atoms with van der Waals surface area (Å²) in [5, 5.41) is 4.61. The van der Waals surface area contributed by atoms with Gasteiger partial charge in [0.2, 0.25) is 0 Å². The lowest BCUT2D eigenvalue weighted by atomic mass is 10.2. The van der Waals surface area contributed by atoms with Gasteiger partial charge in [0.25, 0.3) is 0 Å². The fourth-order valence-corrected chi connectivity index (χ4v) is 2.80. The van der Waals surface area contributed by atoms with Crippen molar-refractivity contribution in [2.24, 2.45) is 0 Å². The Balaban J connectivity index is 1.84. The molecule has 108 valence electrons. The predicted molar refractivity (Wildman–Crippen MR) is 79.1 cm³/mol. The molecule has 1 aliphatic heterocycles. The highest BCUT2D eigenvalue weighted by Gasteiger charge is 2.20. The lowest BCUT2D eigenvalue weighted by Gasteiger charge is -2.27. The minimum Gasteiger partial charge on any atom is -0.464 e. The second kappa shape index (κ2) is 6.24. The molecular formula is C15H21N3O2. The van der Waals surface area contributed by atoms with Gasteiger partial charge in [-0.1, -0.05) is 0 Å². The number of hydrogen-bond donors (Lipinski definition) is 1. The van der Waals surface area contributed by atoms with Crippen LogP contribution in [-0.2, 0) is 4.74 Å². The van der Waals surface area contributed by atoms with Crippen molar-refractivity contribution in [2.45, 2.75) is 18.9 Å². The number of ether oxygens (including phenoxy) is 1. The van der Waals surface area contributed by atoms with Gasteiger partial charge in [-0.2, -0.15) is 0 Å². The number of pyridine rings is 1. The van der Waals surface area contributed by atoms with Crippen LogP contribution in [0.25, 0.3) is 11.0 Å². The molecule has 20 heavy (non-hydrogen) atoms. The molecule has 1 saturated heterocycles. The Kier molecular flexibility index (Phi) is 4.18. The number of methoxy groups -OCH3 is 1. The first-order valence-electron chi connectivity index (χ1n) is 7.18. The van der Waals surface area contributed by atoms with Crippen molar-refractivity contribution >= 4 is 16.8 Å². The van der Waals surface area contributed by atoms with E-state index < -0.39 is 0 Å². The molecule has 0 aliphatic carbocycles. The molecule has 5 heteroatoms. The highest BCUT2D eigenvalue weighted by Crippen LogP contribution is 2.25. The van der Waals surface area contributed by atoms with Crippen molar-refractivity contribution in [2.75, 3.05) is 38.3 Å². The lowest BCUT2D eigenvalue weighted by Crippen LogP contribution is -2.39. The van der Waals surface area contributed by atoms with Crippen molar-refractivity contribution < 1.29 is 9.15 Å². The van der Waals surface area contributed by atoms with Crippen molar-refractivity contribution in [1.82, 2.24) is 10.3 Å². The number of furan rings is 1. The van der Waals surface area contributed by atoms with Crippen LogP contribution in [0.15, 0.2) is 29.0 Å². The van der Waals surface area contributed by atoms with Gasteiger partial charge in [0.1, 0.15) is 11.4 Å². The smallest absolute Gasteiger partial charge is 0.139 e. The Bertz CT molecular complexity index is 549. The number of nitrogens with zero attached hydrogens (tertiary/aromatic N) is 2. The third-order valence-corrected chi connectivity index (χ3v) is 3.83. The molecule has 1 unspecified atom stereocenters. The summed E-state index contributed by atoms with van der Waals surface area (Å²) in [5.41, 5.74) is 0.886. The van der Waals surface area contributed by atoms with E-state index in [9.17, 15) is 0 Å². The van der Waals surface area contributed by atoms with Gasteiger partial charge in [-0.3, -0.25) is 0 Å². The first-order chi connectivity index (χ1) is 9.88. The summed E-state index contributed by atoms with van der Waals surface area (Å²) in [6, 6.07) is 4.43. The molecule has 1 aliphatic rings. The summed E-state index contributed by atoms with van der Waals surface area (Å²) >= 11 is 0. The van der Waals surface area contributed by atoms with Crippen molar-refractivity contribution in [3.05, 3.63) is 24.6 Å². The zero-order valence-corrected chi connectivity index (χ0v) is 11.8. The van der Waals surface area contributed by atoms with Crippen molar-refractivity contribution in [1.29, 1.82) is 0 Å². The van der Waals surface area contributed by atoms with Gasteiger partial charge in [-0.05, 0) is 31.5 Å². The van der Waals surface area contributed by atoms with Crippen molar-refractivity contribution in [3.63, 3.8) is 0 Å². The van der Waals surface area contributed by atoms with Crippen LogP contribution in [0.5, 0.6) is 0 Å². The average Bonchev–Trinajstić information content (AvgIpc) is 3.13. The summed E-state index contributed by atoms with van der Waals surface area (Å²) in [6.07, 6.45) is 6.01. The molecule has 5 nitrogen and oxygen atoms in total. The molecule has 3 rings (SSSR count). The van der Waals surface area contributed by atoms with E-state index in [1.54, 1.807) is 13.4 Å². The maximum absolute atomic E-state index is 5.47. The van der Waals surface area contributed by atoms with E-state index in [2.05, 4.69) is 15.2 Å². The van der Waals surface area contributed by atoms with Crippen LogP contribution in [-0.4, -0.2) is 44.4 Å². The van der Waals surface area contributed by atoms with Gasteiger partial charge in [0.15, 0.2) is 0 Å². The number of nitrogens with one attached hydrogen (secondary N) is 1. The Morgan fingerprint density at radius 3 is 3.25 bits per heavy atom. The van der Waals surface area contributed by atoms with Gasteiger partial charge in [0.05, 0.1) is 18.3 Å². The molecule has 0 radical (unpaired) electrons. The van der Waals surface area contributed by atoms with Gasteiger partial charge >= 0.3 is 0 Å². The van der Waals surface area contributed by atoms with Crippen LogP contribution < -0.4 is 10.2 Å². The summed E-state index contributed by atoms with van der Waals surface area (Å²) < 4.78 is 10.7. The van der Waals surface area contributed by atoms with E-state index in [0.29, 0.717) is 12.6 Å². The van der Waals surface area contributed by atoms with Gasteiger partial charge in [-0.25, -0.2) is 4.98 Å². The van der Waals surface area contributed by atoms with Crippen molar-refractivity contribution in [3.8, 4) is 0 Å². The fraction of sp³-hybridized carbons (Fsp3) is 0.533. The van der Waals surface area contributed by atoms with Crippen LogP contribution in [0, 0.1) is 0 Å². The Morgan fingerprint density at radius 2 is 2.45 bits per heavy atom. The van der Waals surface area contributed by atoms with Crippen LogP contribution in [0.3, 0.4) is 0 Å². The van der Waals surface area contributed by atoms with Crippen LogP contribution in [0.4, 0.5) is 5.82 Å². The predicted octanol–water partition coefficient (Wildman–Crippen LogP) is 2.03. The third kappa shape index (κ3) is 2.78. The molecule has 1 N–H and O–H groups in total. The summed E-state index contributed by atoms with van der Waals surface area (Å²) in [7, 11) is 1.73. The van der Waals surface area contributed by atoms with E-state index in [4.69, 9.17) is 9.15 Å². The number of rotatable bonds is 6. The van der Waals surface area contributed by atoms with Gasteiger partial charge in [0, 0.05) is 32.4 Å². The maximum Gasteiger partial charge on any atom is 0.139 e. The first kappa shape index (κ1) is 13.4. The summed E-state index contributed by atoms with van der Waals surface area (Å²) in [4.78, 5) is 6.85. The molecule has 2 aromatic rings. The molecule has 0 aromatic carbocycles. The molecule has 0 spiro atoms. The van der Waals surface area contributed by atoms with Gasteiger partial charge < -0.3 is 19.4 Å². The molecule has 3 heterocycles. The Hall–Kier alpha value is -1.59. The van der Waals surface area contributed by atoms with E-state index >= 15 is 0 Å². The zero-order chi connectivity index (χ0) is 13.8. The molecule has 1 fully saturated rings. The largest absolute Gasteiger partial charge is 0.464 e. The minimum atomic E-state index is 0.538. The summed E-state index contributed by atoms with van der Waals surface area (Å²) in [6.45, 7) is 3.61. The van der Waals surface area contributed by atoms with E-state index in [1.165, 1.54) is 12.8 Å². The number of hydrogen-bond acceptors (Lipinski definition) is 5. The van der Waals surface area contributed by atoms with E-state index in [0.717, 1.165) is 36.4 Å². The molecule has 0 saturated carbocycles. The highest BCUT2D eigenvalue weighted by molar-refractivity contribution is 5.88. The van der Waals surface area contributed by atoms with Crippen LogP contribution in [0.1, 0.15) is 12.8 Å². The molecule has 0 amide bonds. The van der Waals surface area contributed by atoms with Crippen LogP contribution >= 0.6 is 0 Å². The zero-order valence-electron chi connectivity index (χ0n) is 11.8. The average molecular weight is 275 g/mol. The minimum absolute atomic E-state index is 0.538. The standard InChI is InChI=1S/C15H21N3O2/c1-19-10-8-18(11-12-3-2-6-16-12)15-13-5-9-20-14(13)4-7-17-15/h4-5,7,9,12,16H,2-3,6,8,10-11H2,1H3. The Labute approximate surface area is 118 Å². The first-order valence-corrected chi connectivity index (χ1v) is 7.18. The fourth-order valence-electron chi connectivity index (χ4n) is 2.80. The molecule has 1 atom stereocenters. The molecule has 0 bridgehead atoms. The molecular weight excluding hydrogens is 254 g/mol. The number of aromatic nitrogens is 1. The second-order valence-electron chi connectivity index (χ2n) is 5.20. The summed E-state index contributed by atoms with van der Waals surface area (Å²) in [5.74, 6) is 0.988. The topological polar surface area (TPSA) is 50.5 Å². The lowest BCUT2D eigenvalue weighted by molar-refractivity contribution is 0.204. The van der Waals surface area contributed by atoms with E-state index in [1.807, 2.05) is 18.3 Å². The molecule has 2 aromatic heterocycles. The van der Waals surface area contributed by atoms with E-state index in [-0.39, 0.29) is 0 Å². The Morgan fingerprint density at radius 1 is 1.50 bits per heavy atom. The van der Waals surface area contributed by atoms with Crippen LogP contribution in [0.2, 0.25) is 0 Å². The second-order valence-corrected chi connectivity index (χ2v) is 5.20. The SMILES string of the molecule is COCCN(CC1CCCN1)c1nccc2occc12. The third-order valence-electron chi connectivity index (χ3n) is 3.83. The normalized spacial score (nSPS) is 18.8. The monoisotopic (exact) mass is 275 g/mol. The number of anilines is 1. The highest BCUT2D eigenvalue weighted by atomic mass is 16.5. The van der Waals surface area contributed by atoms with Gasteiger partial charge in [-0.15, -0.1) is 0 Å².